The van der Waals surface area contributed by atoms with E-state index >= 15 is 0 Å². The molecule has 1 atom stereocenters. The van der Waals surface area contributed by atoms with Crippen LogP contribution in [0.1, 0.15) is 19.8 Å². The maximum atomic E-state index is 11.4. The van der Waals surface area contributed by atoms with E-state index in [-0.39, 0.29) is 12.0 Å². The highest BCUT2D eigenvalue weighted by Crippen LogP contribution is 2.18. The first-order chi connectivity index (χ1) is 8.33. The van der Waals surface area contributed by atoms with Gasteiger partial charge in [-0.15, -0.1) is 0 Å². The number of ether oxygens (including phenoxy) is 1. The minimum absolute atomic E-state index is 0.220. The molecule has 106 valence electrons. The summed E-state index contributed by atoms with van der Waals surface area (Å²) in [6.07, 6.45) is 2.95. The van der Waals surface area contributed by atoms with E-state index in [9.17, 15) is 13.2 Å². The van der Waals surface area contributed by atoms with Gasteiger partial charge in [-0.2, -0.15) is 0 Å². The van der Waals surface area contributed by atoms with E-state index in [1.54, 1.807) is 0 Å². The normalized spacial score (nSPS) is 20.6. The molecule has 0 radical (unpaired) electrons. The second-order valence-corrected chi connectivity index (χ2v) is 6.63. The monoisotopic (exact) mass is 278 g/mol. The van der Waals surface area contributed by atoms with E-state index in [1.165, 1.54) is 13.4 Å². The van der Waals surface area contributed by atoms with Crippen molar-refractivity contribution in [1.29, 1.82) is 0 Å². The number of piperidine rings is 1. The average molecular weight is 278 g/mol. The van der Waals surface area contributed by atoms with Crippen LogP contribution in [0.5, 0.6) is 0 Å². The first-order valence-corrected chi connectivity index (χ1v) is 7.99. The smallest absolute Gasteiger partial charge is 0.322 e. The highest BCUT2D eigenvalue weighted by Gasteiger charge is 2.27. The summed E-state index contributed by atoms with van der Waals surface area (Å²) < 4.78 is 29.2. The standard InChI is InChI=1S/C11H22N2O4S/c1-9(11(14)17-2)13-6-4-10(5-7-13)8-12-18(3,15)16/h9-10,12H,4-8H2,1-3H3. The molecule has 0 aromatic heterocycles. The maximum Gasteiger partial charge on any atom is 0.322 e. The third-order valence-electron chi connectivity index (χ3n) is 3.37. The van der Waals surface area contributed by atoms with Crippen molar-refractivity contribution in [3.05, 3.63) is 0 Å². The topological polar surface area (TPSA) is 75.7 Å². The van der Waals surface area contributed by atoms with Crippen LogP contribution in [0.2, 0.25) is 0 Å². The van der Waals surface area contributed by atoms with Crippen LogP contribution in [0.4, 0.5) is 0 Å². The SMILES string of the molecule is COC(=O)C(C)N1CCC(CNS(C)(=O)=O)CC1. The molecule has 0 aromatic rings. The number of nitrogens with zero attached hydrogens (tertiary/aromatic N) is 1. The molecule has 1 saturated heterocycles. The lowest BCUT2D eigenvalue weighted by Crippen LogP contribution is -2.46. The molecule has 0 aromatic carbocycles. The predicted octanol–water partition coefficient (Wildman–Crippen LogP) is -0.191. The molecule has 1 aliphatic heterocycles. The van der Waals surface area contributed by atoms with E-state index in [0.717, 1.165) is 25.9 Å². The number of nitrogens with one attached hydrogen (secondary N) is 1. The maximum absolute atomic E-state index is 11.4. The number of rotatable bonds is 5. The Kier molecular flexibility index (Phi) is 5.55. The number of carbonyl (C=O) groups is 1. The Morgan fingerprint density at radius 2 is 2.00 bits per heavy atom. The zero-order chi connectivity index (χ0) is 13.8. The summed E-state index contributed by atoms with van der Waals surface area (Å²) in [6, 6.07) is -0.223. The Morgan fingerprint density at radius 1 is 1.44 bits per heavy atom. The molecule has 1 N–H and O–H groups in total. The molecule has 0 bridgehead atoms. The lowest BCUT2D eigenvalue weighted by atomic mass is 9.96. The van der Waals surface area contributed by atoms with Crippen LogP contribution in [0, 0.1) is 5.92 Å². The summed E-state index contributed by atoms with van der Waals surface area (Å²) >= 11 is 0. The minimum Gasteiger partial charge on any atom is -0.468 e. The second kappa shape index (κ2) is 6.49. The van der Waals surface area contributed by atoms with Crippen molar-refractivity contribution in [2.24, 2.45) is 5.92 Å². The van der Waals surface area contributed by atoms with Gasteiger partial charge in [0.25, 0.3) is 0 Å². The number of sulfonamides is 1. The van der Waals surface area contributed by atoms with Gasteiger partial charge in [0.15, 0.2) is 0 Å². The predicted molar refractivity (Wildman–Crippen MR) is 68.6 cm³/mol. The van der Waals surface area contributed by atoms with Crippen LogP contribution in [-0.4, -0.2) is 58.3 Å². The van der Waals surface area contributed by atoms with Gasteiger partial charge in [-0.05, 0) is 38.8 Å². The molecule has 0 amide bonds. The van der Waals surface area contributed by atoms with Crippen molar-refractivity contribution in [2.45, 2.75) is 25.8 Å². The average Bonchev–Trinajstić information content (AvgIpc) is 2.34. The number of hydrogen-bond donors (Lipinski definition) is 1. The Labute approximate surface area is 109 Å². The fraction of sp³-hybridized carbons (Fsp3) is 0.909. The van der Waals surface area contributed by atoms with Crippen LogP contribution >= 0.6 is 0 Å². The van der Waals surface area contributed by atoms with Crippen molar-refractivity contribution in [2.75, 3.05) is 33.0 Å². The van der Waals surface area contributed by atoms with Gasteiger partial charge in [-0.1, -0.05) is 0 Å². The highest BCUT2D eigenvalue weighted by atomic mass is 32.2. The van der Waals surface area contributed by atoms with Gasteiger partial charge >= 0.3 is 5.97 Å². The van der Waals surface area contributed by atoms with E-state index in [2.05, 4.69) is 9.62 Å². The summed E-state index contributed by atoms with van der Waals surface area (Å²) in [5.74, 6) is 0.128. The van der Waals surface area contributed by atoms with E-state index in [4.69, 9.17) is 4.74 Å². The van der Waals surface area contributed by atoms with Crippen molar-refractivity contribution >= 4 is 16.0 Å². The fourth-order valence-electron chi connectivity index (χ4n) is 2.13. The second-order valence-electron chi connectivity index (χ2n) is 4.80. The third-order valence-corrected chi connectivity index (χ3v) is 4.06. The van der Waals surface area contributed by atoms with Crippen molar-refractivity contribution in [1.82, 2.24) is 9.62 Å². The van der Waals surface area contributed by atoms with Crippen LogP contribution < -0.4 is 4.72 Å². The summed E-state index contributed by atoms with van der Waals surface area (Å²) in [4.78, 5) is 13.5. The molecule has 0 aliphatic carbocycles. The molecule has 1 aliphatic rings. The number of carbonyl (C=O) groups excluding carboxylic acids is 1. The molecule has 0 spiro atoms. The Balaban J connectivity index is 2.35. The summed E-state index contributed by atoms with van der Waals surface area (Å²) in [5, 5.41) is 0. The van der Waals surface area contributed by atoms with E-state index in [0.29, 0.717) is 12.5 Å². The lowest BCUT2D eigenvalue weighted by molar-refractivity contribution is -0.146. The lowest BCUT2D eigenvalue weighted by Gasteiger charge is -2.34. The van der Waals surface area contributed by atoms with Gasteiger partial charge in [0.05, 0.1) is 13.4 Å². The van der Waals surface area contributed by atoms with Gasteiger partial charge < -0.3 is 4.74 Å². The zero-order valence-electron chi connectivity index (χ0n) is 11.2. The number of hydrogen-bond acceptors (Lipinski definition) is 5. The molecule has 18 heavy (non-hydrogen) atoms. The van der Waals surface area contributed by atoms with Crippen LogP contribution in [0.3, 0.4) is 0 Å². The summed E-state index contributed by atoms with van der Waals surface area (Å²) in [6.45, 7) is 3.92. The van der Waals surface area contributed by atoms with Gasteiger partial charge in [-0.25, -0.2) is 13.1 Å². The Hall–Kier alpha value is -0.660. The van der Waals surface area contributed by atoms with Crippen molar-refractivity contribution in [3.8, 4) is 0 Å². The van der Waals surface area contributed by atoms with Gasteiger partial charge in [0, 0.05) is 6.54 Å². The van der Waals surface area contributed by atoms with Crippen LogP contribution in [0.15, 0.2) is 0 Å². The number of likely N-dealkylation sites (tertiary alicyclic amines) is 1. The minimum atomic E-state index is -3.11. The molecule has 6 nitrogen and oxygen atoms in total. The van der Waals surface area contributed by atoms with Crippen molar-refractivity contribution < 1.29 is 17.9 Å². The first kappa shape index (κ1) is 15.4. The summed E-state index contributed by atoms with van der Waals surface area (Å²) in [5.41, 5.74) is 0. The van der Waals surface area contributed by atoms with Crippen LogP contribution in [0.25, 0.3) is 0 Å². The molecular weight excluding hydrogens is 256 g/mol. The highest BCUT2D eigenvalue weighted by molar-refractivity contribution is 7.88. The molecular formula is C11H22N2O4S. The molecule has 1 heterocycles. The van der Waals surface area contributed by atoms with Crippen LogP contribution in [-0.2, 0) is 19.6 Å². The molecule has 7 heteroatoms. The zero-order valence-corrected chi connectivity index (χ0v) is 12.0. The Morgan fingerprint density at radius 3 is 2.44 bits per heavy atom. The third kappa shape index (κ3) is 4.91. The van der Waals surface area contributed by atoms with E-state index in [1.807, 2.05) is 6.92 Å². The van der Waals surface area contributed by atoms with Gasteiger partial charge in [0.2, 0.25) is 10.0 Å². The molecule has 0 saturated carbocycles. The fourth-order valence-corrected chi connectivity index (χ4v) is 2.67. The summed E-state index contributed by atoms with van der Waals surface area (Å²) in [7, 11) is -1.72. The Bertz CT molecular complexity index is 375. The molecule has 1 unspecified atom stereocenters. The largest absolute Gasteiger partial charge is 0.468 e. The quantitative estimate of drug-likeness (QED) is 0.705. The van der Waals surface area contributed by atoms with Gasteiger partial charge in [0.1, 0.15) is 6.04 Å². The molecule has 1 fully saturated rings. The van der Waals surface area contributed by atoms with Gasteiger partial charge in [-0.3, -0.25) is 9.69 Å². The van der Waals surface area contributed by atoms with Crippen molar-refractivity contribution in [3.63, 3.8) is 0 Å². The van der Waals surface area contributed by atoms with E-state index < -0.39 is 10.0 Å². The first-order valence-electron chi connectivity index (χ1n) is 6.10. The molecule has 1 rings (SSSR count). The number of esters is 1. The number of methoxy groups -OCH3 is 1.